The molecule has 0 amide bonds. The lowest BCUT2D eigenvalue weighted by molar-refractivity contribution is -0.109. The van der Waals surface area contributed by atoms with Gasteiger partial charge in [-0.15, -0.1) is 0 Å². The quantitative estimate of drug-likeness (QED) is 0.571. The van der Waals surface area contributed by atoms with E-state index in [0.717, 1.165) is 6.29 Å². The smallest absolute Gasteiger partial charge is 0.127 e. The van der Waals surface area contributed by atoms with E-state index in [1.54, 1.807) is 0 Å². The number of aromatic hydroxyl groups is 2. The predicted octanol–water partition coefficient (Wildman–Crippen LogP) is 2.04. The van der Waals surface area contributed by atoms with Crippen LogP contribution in [-0.4, -0.2) is 16.5 Å². The fourth-order valence-electron chi connectivity index (χ4n) is 1.40. The number of hydrogen-bond donors (Lipinski definition) is 2. The van der Waals surface area contributed by atoms with Crippen molar-refractivity contribution in [3.8, 4) is 11.5 Å². The molecule has 0 aliphatic carbocycles. The zero-order valence-electron chi connectivity index (χ0n) is 8.27. The number of carbonyl (C=O) groups is 1. The van der Waals surface area contributed by atoms with Crippen molar-refractivity contribution in [1.82, 2.24) is 0 Å². The number of phenolic OH excluding ortho intramolecular Hbond substituents is 2. The van der Waals surface area contributed by atoms with Gasteiger partial charge in [-0.1, -0.05) is 13.8 Å². The summed E-state index contributed by atoms with van der Waals surface area (Å²) in [5.74, 6) is -0.166. The van der Waals surface area contributed by atoms with Crippen LogP contribution < -0.4 is 0 Å². The fraction of sp³-hybridized carbons (Fsp3) is 0.364. The second-order valence-corrected chi connectivity index (χ2v) is 3.65. The predicted molar refractivity (Wildman–Crippen MR) is 53.4 cm³/mol. The maximum absolute atomic E-state index is 10.8. The van der Waals surface area contributed by atoms with Gasteiger partial charge in [-0.2, -0.15) is 0 Å². The van der Waals surface area contributed by atoms with Crippen LogP contribution in [0.5, 0.6) is 11.5 Å². The van der Waals surface area contributed by atoms with Crippen molar-refractivity contribution < 1.29 is 15.0 Å². The minimum absolute atomic E-state index is 0.0496. The summed E-state index contributed by atoms with van der Waals surface area (Å²) in [6, 6.07) is 4.21. The summed E-state index contributed by atoms with van der Waals surface area (Å²) in [5.41, 5.74) is 0.481. The first-order valence-electron chi connectivity index (χ1n) is 4.53. The first kappa shape index (κ1) is 10.6. The van der Waals surface area contributed by atoms with E-state index in [2.05, 4.69) is 0 Å². The minimum atomic E-state index is -0.373. The number of hydrogen-bond acceptors (Lipinski definition) is 3. The highest BCUT2D eigenvalue weighted by atomic mass is 16.3. The normalized spacial score (nSPS) is 12.8. The van der Waals surface area contributed by atoms with Crippen molar-refractivity contribution in [2.24, 2.45) is 5.92 Å². The number of aldehydes is 1. The topological polar surface area (TPSA) is 57.5 Å². The van der Waals surface area contributed by atoms with Crippen LogP contribution in [0.3, 0.4) is 0 Å². The SMILES string of the molecule is CC(C)[C@H](C=O)c1cc(O)ccc1O. The Kier molecular flexibility index (Phi) is 3.12. The molecular formula is C11H14O3. The molecule has 3 nitrogen and oxygen atoms in total. The Labute approximate surface area is 83.0 Å². The summed E-state index contributed by atoms with van der Waals surface area (Å²) in [4.78, 5) is 10.8. The Morgan fingerprint density at radius 1 is 1.29 bits per heavy atom. The lowest BCUT2D eigenvalue weighted by Gasteiger charge is -2.15. The van der Waals surface area contributed by atoms with Crippen LogP contribution in [-0.2, 0) is 4.79 Å². The van der Waals surface area contributed by atoms with Crippen molar-refractivity contribution in [1.29, 1.82) is 0 Å². The molecule has 0 aliphatic heterocycles. The molecular weight excluding hydrogens is 180 g/mol. The average Bonchev–Trinajstić information content (AvgIpc) is 2.11. The molecule has 1 rings (SSSR count). The van der Waals surface area contributed by atoms with Crippen LogP contribution in [0, 0.1) is 5.92 Å². The number of benzene rings is 1. The van der Waals surface area contributed by atoms with E-state index in [1.807, 2.05) is 13.8 Å². The second-order valence-electron chi connectivity index (χ2n) is 3.65. The number of phenols is 2. The molecule has 0 bridgehead atoms. The molecule has 0 saturated carbocycles. The molecule has 0 spiro atoms. The highest BCUT2D eigenvalue weighted by Gasteiger charge is 2.18. The van der Waals surface area contributed by atoms with Crippen molar-refractivity contribution in [2.75, 3.05) is 0 Å². The summed E-state index contributed by atoms with van der Waals surface area (Å²) in [5, 5.41) is 18.8. The molecule has 0 radical (unpaired) electrons. The van der Waals surface area contributed by atoms with Crippen molar-refractivity contribution in [3.63, 3.8) is 0 Å². The molecule has 0 saturated heterocycles. The number of rotatable bonds is 3. The van der Waals surface area contributed by atoms with Crippen molar-refractivity contribution >= 4 is 6.29 Å². The maximum Gasteiger partial charge on any atom is 0.127 e. The summed E-state index contributed by atoms with van der Waals surface area (Å²) in [6.07, 6.45) is 0.791. The molecule has 2 N–H and O–H groups in total. The molecule has 1 aromatic carbocycles. The fourth-order valence-corrected chi connectivity index (χ4v) is 1.40. The Morgan fingerprint density at radius 2 is 1.93 bits per heavy atom. The van der Waals surface area contributed by atoms with Gasteiger partial charge in [-0.05, 0) is 24.1 Å². The van der Waals surface area contributed by atoms with Gasteiger partial charge in [0.25, 0.3) is 0 Å². The van der Waals surface area contributed by atoms with Crippen LogP contribution in [0.25, 0.3) is 0 Å². The van der Waals surface area contributed by atoms with Gasteiger partial charge in [0.15, 0.2) is 0 Å². The Hall–Kier alpha value is -1.51. The van der Waals surface area contributed by atoms with E-state index in [9.17, 15) is 15.0 Å². The van der Waals surface area contributed by atoms with Gasteiger partial charge in [-0.3, -0.25) is 0 Å². The Bertz CT molecular complexity index is 331. The van der Waals surface area contributed by atoms with Crippen LogP contribution in [0.2, 0.25) is 0 Å². The molecule has 0 unspecified atom stereocenters. The first-order chi connectivity index (χ1) is 6.56. The summed E-state index contributed by atoms with van der Waals surface area (Å²) in [7, 11) is 0. The monoisotopic (exact) mass is 194 g/mol. The molecule has 0 fully saturated rings. The molecule has 76 valence electrons. The highest BCUT2D eigenvalue weighted by molar-refractivity contribution is 5.65. The molecule has 0 heterocycles. The van der Waals surface area contributed by atoms with Gasteiger partial charge in [0.1, 0.15) is 17.8 Å². The third-order valence-electron chi connectivity index (χ3n) is 2.24. The van der Waals surface area contributed by atoms with E-state index in [1.165, 1.54) is 18.2 Å². The minimum Gasteiger partial charge on any atom is -0.508 e. The van der Waals surface area contributed by atoms with Crippen LogP contribution in [0.1, 0.15) is 25.3 Å². The molecule has 0 aliphatic rings. The lowest BCUT2D eigenvalue weighted by atomic mass is 9.89. The van der Waals surface area contributed by atoms with Crippen LogP contribution in [0.4, 0.5) is 0 Å². The van der Waals surface area contributed by atoms with Crippen molar-refractivity contribution in [2.45, 2.75) is 19.8 Å². The Balaban J connectivity index is 3.15. The third-order valence-corrected chi connectivity index (χ3v) is 2.24. The highest BCUT2D eigenvalue weighted by Crippen LogP contribution is 2.32. The first-order valence-corrected chi connectivity index (χ1v) is 4.53. The van der Waals surface area contributed by atoms with Gasteiger partial charge >= 0.3 is 0 Å². The number of carbonyl (C=O) groups excluding carboxylic acids is 1. The molecule has 1 aromatic rings. The van der Waals surface area contributed by atoms with Gasteiger partial charge in [0.2, 0.25) is 0 Å². The van der Waals surface area contributed by atoms with E-state index in [0.29, 0.717) is 5.56 Å². The molecule has 0 aromatic heterocycles. The zero-order valence-corrected chi connectivity index (χ0v) is 8.27. The van der Waals surface area contributed by atoms with E-state index in [-0.39, 0.29) is 23.3 Å². The third kappa shape index (κ3) is 2.05. The van der Waals surface area contributed by atoms with Crippen LogP contribution in [0.15, 0.2) is 18.2 Å². The molecule has 1 atom stereocenters. The Morgan fingerprint density at radius 3 is 2.43 bits per heavy atom. The van der Waals surface area contributed by atoms with Gasteiger partial charge < -0.3 is 15.0 Å². The van der Waals surface area contributed by atoms with Gasteiger partial charge in [0.05, 0.1) is 0 Å². The lowest BCUT2D eigenvalue weighted by Crippen LogP contribution is -2.08. The maximum atomic E-state index is 10.8. The van der Waals surface area contributed by atoms with E-state index < -0.39 is 0 Å². The second kappa shape index (κ2) is 4.13. The van der Waals surface area contributed by atoms with Crippen LogP contribution >= 0.6 is 0 Å². The molecule has 3 heteroatoms. The van der Waals surface area contributed by atoms with Gasteiger partial charge in [-0.25, -0.2) is 0 Å². The van der Waals surface area contributed by atoms with E-state index in [4.69, 9.17) is 0 Å². The zero-order chi connectivity index (χ0) is 10.7. The largest absolute Gasteiger partial charge is 0.508 e. The molecule has 14 heavy (non-hydrogen) atoms. The van der Waals surface area contributed by atoms with Gasteiger partial charge in [0, 0.05) is 11.5 Å². The summed E-state index contributed by atoms with van der Waals surface area (Å²) >= 11 is 0. The standard InChI is InChI=1S/C11H14O3/c1-7(2)10(6-12)9-5-8(13)3-4-11(9)14/h3-7,10,13-14H,1-2H3/t10-/m0/s1. The van der Waals surface area contributed by atoms with Crippen molar-refractivity contribution in [3.05, 3.63) is 23.8 Å². The summed E-state index contributed by atoms with van der Waals surface area (Å²) < 4.78 is 0. The van der Waals surface area contributed by atoms with E-state index >= 15 is 0 Å². The average molecular weight is 194 g/mol. The summed E-state index contributed by atoms with van der Waals surface area (Å²) in [6.45, 7) is 3.78.